The second kappa shape index (κ2) is 5.56. The van der Waals surface area contributed by atoms with E-state index in [1.165, 1.54) is 10.6 Å². The third kappa shape index (κ3) is 2.37. The van der Waals surface area contributed by atoms with Crippen molar-refractivity contribution in [3.8, 4) is 11.5 Å². The van der Waals surface area contributed by atoms with E-state index in [1.54, 1.807) is 6.07 Å². The summed E-state index contributed by atoms with van der Waals surface area (Å²) < 4.78 is 64.4. The number of ether oxygens (including phenoxy) is 2. The number of nitrogen functional groups attached to an aromatic ring is 1. The molecule has 1 fully saturated rings. The van der Waals surface area contributed by atoms with E-state index < -0.39 is 18.3 Å². The predicted octanol–water partition coefficient (Wildman–Crippen LogP) is 2.46. The third-order valence-corrected chi connectivity index (χ3v) is 5.20. The number of alkyl halides is 4. The van der Waals surface area contributed by atoms with Gasteiger partial charge in [0, 0.05) is 5.39 Å². The zero-order valence-corrected chi connectivity index (χ0v) is 14.3. The number of aromatic nitrogens is 4. The first-order valence-corrected chi connectivity index (χ1v) is 8.54. The SMILES string of the molecule is Nc1nc2c3c(ccc2c2nc(CNC4(C(F)(F)F)CCC4)nn12)OC(F)O3. The number of benzene rings is 1. The van der Waals surface area contributed by atoms with E-state index >= 15 is 0 Å². The molecule has 8 nitrogen and oxygen atoms in total. The minimum Gasteiger partial charge on any atom is -0.425 e. The number of nitrogens with two attached hydrogens (primary N) is 1. The van der Waals surface area contributed by atoms with Gasteiger partial charge in [-0.2, -0.15) is 22.1 Å². The summed E-state index contributed by atoms with van der Waals surface area (Å²) in [6.45, 7) is -2.13. The Balaban J connectivity index is 1.54. The average molecular weight is 398 g/mol. The molecule has 1 atom stereocenters. The van der Waals surface area contributed by atoms with Crippen molar-refractivity contribution in [3.05, 3.63) is 18.0 Å². The van der Waals surface area contributed by atoms with E-state index in [2.05, 4.69) is 20.4 Å². The van der Waals surface area contributed by atoms with Gasteiger partial charge in [-0.3, -0.25) is 5.32 Å². The summed E-state index contributed by atoms with van der Waals surface area (Å²) >= 11 is 0. The van der Waals surface area contributed by atoms with Crippen molar-refractivity contribution < 1.29 is 27.0 Å². The van der Waals surface area contributed by atoms with Crippen LogP contribution in [0.5, 0.6) is 11.5 Å². The zero-order valence-electron chi connectivity index (χ0n) is 14.3. The van der Waals surface area contributed by atoms with Crippen LogP contribution in [0.1, 0.15) is 25.1 Å². The van der Waals surface area contributed by atoms with Gasteiger partial charge in [0.05, 0.1) is 6.54 Å². The Hall–Kier alpha value is -2.89. The molecule has 2 aromatic heterocycles. The van der Waals surface area contributed by atoms with E-state index in [0.717, 1.165) is 0 Å². The van der Waals surface area contributed by atoms with Crippen LogP contribution >= 0.6 is 0 Å². The van der Waals surface area contributed by atoms with Gasteiger partial charge in [-0.05, 0) is 31.4 Å². The van der Waals surface area contributed by atoms with Gasteiger partial charge in [0.25, 0.3) is 0 Å². The molecule has 1 aliphatic heterocycles. The number of hydrogen-bond donors (Lipinski definition) is 2. The lowest BCUT2D eigenvalue weighted by Gasteiger charge is -2.43. The van der Waals surface area contributed by atoms with Crippen LogP contribution < -0.4 is 20.5 Å². The van der Waals surface area contributed by atoms with Crippen molar-refractivity contribution in [3.63, 3.8) is 0 Å². The highest BCUT2D eigenvalue weighted by Crippen LogP contribution is 2.45. The molecule has 3 heterocycles. The molecule has 28 heavy (non-hydrogen) atoms. The Labute approximate surface area is 154 Å². The molecule has 0 radical (unpaired) electrons. The highest BCUT2D eigenvalue weighted by Gasteiger charge is 2.58. The third-order valence-electron chi connectivity index (χ3n) is 5.20. The predicted molar refractivity (Wildman–Crippen MR) is 88.3 cm³/mol. The van der Waals surface area contributed by atoms with Crippen LogP contribution in [0.25, 0.3) is 16.6 Å². The Morgan fingerprint density at radius 3 is 2.71 bits per heavy atom. The van der Waals surface area contributed by atoms with Gasteiger partial charge in [-0.1, -0.05) is 0 Å². The normalized spacial score (nSPS) is 20.6. The quantitative estimate of drug-likeness (QED) is 0.654. The number of rotatable bonds is 3. The van der Waals surface area contributed by atoms with Gasteiger partial charge < -0.3 is 15.2 Å². The fourth-order valence-corrected chi connectivity index (χ4v) is 3.53. The molecular weight excluding hydrogens is 384 g/mol. The molecule has 0 bridgehead atoms. The number of nitrogens with one attached hydrogen (secondary N) is 1. The van der Waals surface area contributed by atoms with Crippen LogP contribution in [0.3, 0.4) is 0 Å². The lowest BCUT2D eigenvalue weighted by atomic mass is 9.76. The Morgan fingerprint density at radius 2 is 2.04 bits per heavy atom. The highest BCUT2D eigenvalue weighted by molar-refractivity contribution is 5.97. The van der Waals surface area contributed by atoms with Crippen molar-refractivity contribution in [2.45, 2.75) is 44.1 Å². The average Bonchev–Trinajstić information content (AvgIpc) is 3.16. The maximum Gasteiger partial charge on any atom is 0.406 e. The van der Waals surface area contributed by atoms with E-state index in [9.17, 15) is 17.6 Å². The summed E-state index contributed by atoms with van der Waals surface area (Å²) in [4.78, 5) is 8.47. The highest BCUT2D eigenvalue weighted by atomic mass is 19.4. The van der Waals surface area contributed by atoms with Crippen molar-refractivity contribution in [2.24, 2.45) is 0 Å². The largest absolute Gasteiger partial charge is 0.425 e. The van der Waals surface area contributed by atoms with Crippen LogP contribution in [-0.2, 0) is 6.54 Å². The first-order chi connectivity index (χ1) is 13.3. The van der Waals surface area contributed by atoms with E-state index in [-0.39, 0.29) is 53.8 Å². The second-order valence-electron chi connectivity index (χ2n) is 6.82. The van der Waals surface area contributed by atoms with E-state index in [4.69, 9.17) is 15.2 Å². The van der Waals surface area contributed by atoms with Crippen molar-refractivity contribution >= 4 is 22.5 Å². The first-order valence-electron chi connectivity index (χ1n) is 8.54. The summed E-state index contributed by atoms with van der Waals surface area (Å²) in [6.07, 6.45) is -3.80. The molecule has 12 heteroatoms. The van der Waals surface area contributed by atoms with E-state index in [1.807, 2.05) is 0 Å². The lowest BCUT2D eigenvalue weighted by molar-refractivity contribution is -0.219. The fourth-order valence-electron chi connectivity index (χ4n) is 3.53. The van der Waals surface area contributed by atoms with Crippen LogP contribution in [-0.4, -0.2) is 37.8 Å². The van der Waals surface area contributed by atoms with Crippen molar-refractivity contribution in [1.29, 1.82) is 0 Å². The topological polar surface area (TPSA) is 99.6 Å². The molecular formula is C16H14F4N6O2. The lowest BCUT2D eigenvalue weighted by Crippen LogP contribution is -2.61. The first kappa shape index (κ1) is 17.2. The number of halogens is 4. The van der Waals surface area contributed by atoms with Gasteiger partial charge in [0.1, 0.15) is 11.1 Å². The van der Waals surface area contributed by atoms with Crippen molar-refractivity contribution in [1.82, 2.24) is 24.9 Å². The monoisotopic (exact) mass is 398 g/mol. The number of nitrogens with zero attached hydrogens (tertiary/aromatic N) is 4. The molecule has 1 aromatic carbocycles. The molecule has 1 unspecified atom stereocenters. The summed E-state index contributed by atoms with van der Waals surface area (Å²) in [7, 11) is 0. The van der Waals surface area contributed by atoms with Crippen molar-refractivity contribution in [2.75, 3.05) is 5.73 Å². The smallest absolute Gasteiger partial charge is 0.406 e. The van der Waals surface area contributed by atoms with Gasteiger partial charge >= 0.3 is 12.7 Å². The summed E-state index contributed by atoms with van der Waals surface area (Å²) in [5, 5.41) is 7.16. The second-order valence-corrected chi connectivity index (χ2v) is 6.82. The molecule has 0 saturated heterocycles. The molecule has 0 spiro atoms. The van der Waals surface area contributed by atoms with Gasteiger partial charge in [-0.15, -0.1) is 5.10 Å². The molecule has 2 aliphatic rings. The van der Waals surface area contributed by atoms with Gasteiger partial charge in [0.2, 0.25) is 5.95 Å². The molecule has 3 N–H and O–H groups in total. The van der Waals surface area contributed by atoms with Crippen LogP contribution in [0.15, 0.2) is 12.1 Å². The standard InChI is InChI=1S/C16H14F4N6O2/c17-13-27-8-3-2-7-10(11(8)28-13)24-14(21)26-12(7)23-9(25-26)6-22-15(4-1-5-15)16(18,19)20/h2-3,13,22H,1,4-6H2,(H2,21,24). The Morgan fingerprint density at radius 1 is 1.25 bits per heavy atom. The Bertz CT molecular complexity index is 1090. The van der Waals surface area contributed by atoms with Gasteiger partial charge in [0.15, 0.2) is 23.0 Å². The Kier molecular flexibility index (Phi) is 3.42. The van der Waals surface area contributed by atoms with E-state index in [0.29, 0.717) is 11.8 Å². The summed E-state index contributed by atoms with van der Waals surface area (Å²) in [5.41, 5.74) is 4.52. The minimum absolute atomic E-state index is 0.0182. The summed E-state index contributed by atoms with van der Waals surface area (Å²) in [5.74, 6) is 0.342. The maximum atomic E-state index is 13.4. The van der Waals surface area contributed by atoms with Crippen LogP contribution in [0, 0.1) is 0 Å². The molecule has 0 amide bonds. The summed E-state index contributed by atoms with van der Waals surface area (Å²) in [6, 6.07) is 3.08. The molecule has 1 saturated carbocycles. The van der Waals surface area contributed by atoms with Crippen LogP contribution in [0.2, 0.25) is 0 Å². The zero-order chi connectivity index (χ0) is 19.7. The van der Waals surface area contributed by atoms with Gasteiger partial charge in [-0.25, -0.2) is 9.97 Å². The van der Waals surface area contributed by atoms with Crippen LogP contribution in [0.4, 0.5) is 23.5 Å². The minimum atomic E-state index is -4.35. The maximum absolute atomic E-state index is 13.4. The number of anilines is 1. The molecule has 5 rings (SSSR count). The molecule has 3 aromatic rings. The fraction of sp³-hybridized carbons (Fsp3) is 0.438. The number of fused-ring (bicyclic) bond motifs is 5. The molecule has 1 aliphatic carbocycles. The molecule has 148 valence electrons. The number of hydrogen-bond acceptors (Lipinski definition) is 7.